The first kappa shape index (κ1) is 14.3. The number of benzene rings is 1. The van der Waals surface area contributed by atoms with Crippen molar-refractivity contribution in [3.05, 3.63) is 34.1 Å². The lowest BCUT2D eigenvalue weighted by Crippen LogP contribution is -2.30. The summed E-state index contributed by atoms with van der Waals surface area (Å²) in [6.45, 7) is 3.81. The van der Waals surface area contributed by atoms with Crippen molar-refractivity contribution < 1.29 is 13.9 Å². The van der Waals surface area contributed by atoms with Gasteiger partial charge >= 0.3 is 0 Å². The third-order valence-electron chi connectivity index (χ3n) is 2.55. The van der Waals surface area contributed by atoms with Crippen LogP contribution < -0.4 is 0 Å². The molecular weight excluding hydrogens is 287 g/mol. The van der Waals surface area contributed by atoms with Crippen LogP contribution in [0.3, 0.4) is 0 Å². The van der Waals surface area contributed by atoms with Crippen LogP contribution >= 0.6 is 15.9 Å². The van der Waals surface area contributed by atoms with Crippen LogP contribution in [0.5, 0.6) is 0 Å². The fourth-order valence-corrected chi connectivity index (χ4v) is 2.15. The highest BCUT2D eigenvalue weighted by Crippen LogP contribution is 2.18. The Hall–Kier alpha value is -0.740. The van der Waals surface area contributed by atoms with Crippen LogP contribution in [-0.2, 0) is 16.0 Å². The SMILES string of the molecule is COC(C(=O)Cc1cc(Br)ccc1F)C(C)C. The number of hydrogen-bond donors (Lipinski definition) is 0. The number of carbonyl (C=O) groups excluding carboxylic acids is 1. The fourth-order valence-electron chi connectivity index (χ4n) is 1.74. The molecule has 0 heterocycles. The molecule has 1 aromatic rings. The van der Waals surface area contributed by atoms with Crippen LogP contribution in [0.4, 0.5) is 4.39 Å². The Morgan fingerprint density at radius 1 is 1.47 bits per heavy atom. The topological polar surface area (TPSA) is 26.3 Å². The Bertz CT molecular complexity index is 404. The second-order valence-corrected chi connectivity index (χ2v) is 5.19. The van der Waals surface area contributed by atoms with Crippen LogP contribution in [0.25, 0.3) is 0 Å². The van der Waals surface area contributed by atoms with E-state index in [4.69, 9.17) is 4.74 Å². The molecule has 0 fully saturated rings. The molecule has 0 aliphatic carbocycles. The van der Waals surface area contributed by atoms with E-state index in [1.54, 1.807) is 12.1 Å². The van der Waals surface area contributed by atoms with E-state index in [1.807, 2.05) is 13.8 Å². The van der Waals surface area contributed by atoms with Gasteiger partial charge in [0.2, 0.25) is 0 Å². The summed E-state index contributed by atoms with van der Waals surface area (Å²) in [6.07, 6.45) is -0.421. The summed E-state index contributed by atoms with van der Waals surface area (Å²) in [5.41, 5.74) is 0.395. The van der Waals surface area contributed by atoms with Gasteiger partial charge in [-0.15, -0.1) is 0 Å². The lowest BCUT2D eigenvalue weighted by molar-refractivity contribution is -0.130. The molecule has 1 rings (SSSR count). The number of Topliss-reactive ketones (excluding diaryl/α,β-unsaturated/α-hetero) is 1. The molecule has 1 atom stereocenters. The zero-order valence-corrected chi connectivity index (χ0v) is 11.8. The molecule has 0 spiro atoms. The Morgan fingerprint density at radius 2 is 2.12 bits per heavy atom. The number of rotatable bonds is 5. The summed E-state index contributed by atoms with van der Waals surface area (Å²) in [5.74, 6) is -0.373. The molecule has 1 aromatic carbocycles. The number of methoxy groups -OCH3 is 1. The summed E-state index contributed by atoms with van der Waals surface area (Å²) in [4.78, 5) is 11.9. The van der Waals surface area contributed by atoms with E-state index in [-0.39, 0.29) is 23.9 Å². The average Bonchev–Trinajstić information content (AvgIpc) is 2.24. The molecule has 17 heavy (non-hydrogen) atoms. The summed E-state index contributed by atoms with van der Waals surface area (Å²) >= 11 is 3.26. The number of halogens is 2. The molecule has 0 N–H and O–H groups in total. The lowest BCUT2D eigenvalue weighted by atomic mass is 9.97. The Kier molecular flexibility index (Phi) is 5.28. The summed E-state index contributed by atoms with van der Waals surface area (Å²) in [6, 6.07) is 4.59. The van der Waals surface area contributed by atoms with E-state index in [0.717, 1.165) is 4.47 Å². The lowest BCUT2D eigenvalue weighted by Gasteiger charge is -2.17. The van der Waals surface area contributed by atoms with Crippen molar-refractivity contribution in [2.24, 2.45) is 5.92 Å². The van der Waals surface area contributed by atoms with Crippen LogP contribution in [0, 0.1) is 11.7 Å². The average molecular weight is 303 g/mol. The summed E-state index contributed by atoms with van der Waals surface area (Å²) < 4.78 is 19.4. The maximum absolute atomic E-state index is 13.5. The van der Waals surface area contributed by atoms with Gasteiger partial charge in [0.25, 0.3) is 0 Å². The Labute approximate surface area is 109 Å². The van der Waals surface area contributed by atoms with Crippen molar-refractivity contribution in [1.29, 1.82) is 0 Å². The number of carbonyl (C=O) groups is 1. The molecule has 0 aliphatic rings. The first-order chi connectivity index (χ1) is 7.95. The first-order valence-corrected chi connectivity index (χ1v) is 6.24. The van der Waals surface area contributed by atoms with Crippen LogP contribution in [0.2, 0.25) is 0 Å². The number of ether oxygens (including phenoxy) is 1. The fraction of sp³-hybridized carbons (Fsp3) is 0.462. The zero-order valence-electron chi connectivity index (χ0n) is 10.2. The van der Waals surface area contributed by atoms with Crippen LogP contribution in [0.1, 0.15) is 19.4 Å². The maximum atomic E-state index is 13.5. The van der Waals surface area contributed by atoms with Crippen molar-refractivity contribution in [3.63, 3.8) is 0 Å². The molecule has 0 amide bonds. The van der Waals surface area contributed by atoms with E-state index >= 15 is 0 Å². The predicted molar refractivity (Wildman–Crippen MR) is 68.4 cm³/mol. The second-order valence-electron chi connectivity index (χ2n) is 4.28. The molecule has 0 radical (unpaired) electrons. The van der Waals surface area contributed by atoms with Crippen molar-refractivity contribution in [2.45, 2.75) is 26.4 Å². The third-order valence-corrected chi connectivity index (χ3v) is 3.04. The van der Waals surface area contributed by atoms with Gasteiger partial charge in [-0.3, -0.25) is 4.79 Å². The molecule has 0 bridgehead atoms. The molecule has 1 unspecified atom stereocenters. The van der Waals surface area contributed by atoms with E-state index in [0.29, 0.717) is 5.56 Å². The molecule has 0 aliphatic heterocycles. The van der Waals surface area contributed by atoms with Crippen LogP contribution in [0.15, 0.2) is 22.7 Å². The number of ketones is 1. The van der Waals surface area contributed by atoms with Gasteiger partial charge in [0, 0.05) is 18.0 Å². The van der Waals surface area contributed by atoms with Gasteiger partial charge in [-0.1, -0.05) is 29.8 Å². The van der Waals surface area contributed by atoms with Crippen molar-refractivity contribution in [1.82, 2.24) is 0 Å². The van der Waals surface area contributed by atoms with Crippen LogP contribution in [-0.4, -0.2) is 19.0 Å². The predicted octanol–water partition coefficient (Wildman–Crippen LogP) is 3.37. The van der Waals surface area contributed by atoms with Gasteiger partial charge in [0.05, 0.1) is 0 Å². The molecule has 4 heteroatoms. The molecule has 0 saturated carbocycles. The van der Waals surface area contributed by atoms with E-state index < -0.39 is 6.10 Å². The third kappa shape index (κ3) is 3.89. The van der Waals surface area contributed by atoms with Gasteiger partial charge < -0.3 is 4.74 Å². The molecule has 0 aromatic heterocycles. The summed E-state index contributed by atoms with van der Waals surface area (Å²) in [7, 11) is 1.50. The minimum atomic E-state index is -0.478. The minimum Gasteiger partial charge on any atom is -0.373 e. The van der Waals surface area contributed by atoms with E-state index in [9.17, 15) is 9.18 Å². The normalized spacial score (nSPS) is 12.8. The standard InChI is InChI=1S/C13H16BrFO2/c1-8(2)13(17-3)12(16)7-9-6-10(14)4-5-11(9)15/h4-6,8,13H,7H2,1-3H3. The van der Waals surface area contributed by atoms with E-state index in [2.05, 4.69) is 15.9 Å². The molecule has 94 valence electrons. The van der Waals surface area contributed by atoms with Gasteiger partial charge in [-0.2, -0.15) is 0 Å². The Morgan fingerprint density at radius 3 is 2.65 bits per heavy atom. The van der Waals surface area contributed by atoms with Gasteiger partial charge in [-0.25, -0.2) is 4.39 Å². The van der Waals surface area contributed by atoms with Crippen molar-refractivity contribution in [3.8, 4) is 0 Å². The maximum Gasteiger partial charge on any atom is 0.166 e. The minimum absolute atomic E-state index is 0.0575. The summed E-state index contributed by atoms with van der Waals surface area (Å²) in [5, 5.41) is 0. The van der Waals surface area contributed by atoms with E-state index in [1.165, 1.54) is 13.2 Å². The molecule has 2 nitrogen and oxygen atoms in total. The number of hydrogen-bond acceptors (Lipinski definition) is 2. The largest absolute Gasteiger partial charge is 0.373 e. The first-order valence-electron chi connectivity index (χ1n) is 5.45. The van der Waals surface area contributed by atoms with Gasteiger partial charge in [-0.05, 0) is 29.7 Å². The molecular formula is C13H16BrFO2. The second kappa shape index (κ2) is 6.26. The highest BCUT2D eigenvalue weighted by atomic mass is 79.9. The Balaban J connectivity index is 2.83. The smallest absolute Gasteiger partial charge is 0.166 e. The molecule has 0 saturated heterocycles. The van der Waals surface area contributed by atoms with Crippen molar-refractivity contribution in [2.75, 3.05) is 7.11 Å². The zero-order chi connectivity index (χ0) is 13.0. The van der Waals surface area contributed by atoms with Gasteiger partial charge in [0.1, 0.15) is 11.9 Å². The highest BCUT2D eigenvalue weighted by Gasteiger charge is 2.22. The highest BCUT2D eigenvalue weighted by molar-refractivity contribution is 9.10. The van der Waals surface area contributed by atoms with Gasteiger partial charge in [0.15, 0.2) is 5.78 Å². The van der Waals surface area contributed by atoms with Crippen molar-refractivity contribution >= 4 is 21.7 Å². The quantitative estimate of drug-likeness (QED) is 0.833. The monoisotopic (exact) mass is 302 g/mol.